The van der Waals surface area contributed by atoms with E-state index in [-0.39, 0.29) is 0 Å². The smallest absolute Gasteiger partial charge is 0.0423 e. The molecular formula is C15H16Br2N2. The normalized spacial score (nSPS) is 12.4. The molecule has 0 amide bonds. The highest BCUT2D eigenvalue weighted by molar-refractivity contribution is 9.10. The van der Waals surface area contributed by atoms with Gasteiger partial charge in [-0.05, 0) is 52.3 Å². The molecule has 1 N–H and O–H groups in total. The summed E-state index contributed by atoms with van der Waals surface area (Å²) in [5.41, 5.74) is 2.38. The van der Waals surface area contributed by atoms with Crippen LogP contribution in [0.25, 0.3) is 0 Å². The Labute approximate surface area is 130 Å². The average Bonchev–Trinajstić information content (AvgIpc) is 2.42. The van der Waals surface area contributed by atoms with Crippen molar-refractivity contribution in [2.75, 3.05) is 6.54 Å². The second-order valence-corrected chi connectivity index (χ2v) is 6.17. The van der Waals surface area contributed by atoms with Crippen molar-refractivity contribution in [3.63, 3.8) is 0 Å². The molecular weight excluding hydrogens is 368 g/mol. The Bertz CT molecular complexity index is 509. The molecule has 4 heteroatoms. The third-order valence-electron chi connectivity index (χ3n) is 2.92. The van der Waals surface area contributed by atoms with E-state index in [1.807, 2.05) is 12.3 Å². The van der Waals surface area contributed by atoms with Gasteiger partial charge in [-0.3, -0.25) is 4.98 Å². The highest BCUT2D eigenvalue weighted by Gasteiger charge is 2.11. The molecule has 2 nitrogen and oxygen atoms in total. The Morgan fingerprint density at radius 2 is 1.74 bits per heavy atom. The van der Waals surface area contributed by atoms with Crippen molar-refractivity contribution in [1.29, 1.82) is 0 Å². The lowest BCUT2D eigenvalue weighted by Crippen LogP contribution is -2.23. The molecule has 1 aromatic carbocycles. The van der Waals surface area contributed by atoms with E-state index in [4.69, 9.17) is 0 Å². The quantitative estimate of drug-likeness (QED) is 0.822. The Hall–Kier alpha value is -0.710. The Kier molecular flexibility index (Phi) is 5.55. The van der Waals surface area contributed by atoms with Crippen molar-refractivity contribution in [2.24, 2.45) is 0 Å². The van der Waals surface area contributed by atoms with E-state index in [2.05, 4.69) is 79.4 Å². The van der Waals surface area contributed by atoms with Crippen LogP contribution in [0.2, 0.25) is 0 Å². The van der Waals surface area contributed by atoms with Gasteiger partial charge in [-0.15, -0.1) is 0 Å². The van der Waals surface area contributed by atoms with E-state index in [9.17, 15) is 0 Å². The average molecular weight is 384 g/mol. The highest BCUT2D eigenvalue weighted by Crippen LogP contribution is 2.20. The Morgan fingerprint density at radius 1 is 1.05 bits per heavy atom. The first-order valence-corrected chi connectivity index (χ1v) is 7.87. The fourth-order valence-electron chi connectivity index (χ4n) is 1.99. The number of nitrogens with one attached hydrogen (secondary N) is 1. The molecule has 19 heavy (non-hydrogen) atoms. The molecule has 1 unspecified atom stereocenters. The standard InChI is InChI=1S/C15H16Br2N2/c1-2-18-15(11-3-5-12(16)6-4-11)9-14-8-7-13(17)10-19-14/h3-8,10,15,18H,2,9H2,1H3. The van der Waals surface area contributed by atoms with Gasteiger partial charge in [-0.25, -0.2) is 0 Å². The first-order valence-electron chi connectivity index (χ1n) is 6.28. The van der Waals surface area contributed by atoms with Gasteiger partial charge in [0.25, 0.3) is 0 Å². The summed E-state index contributed by atoms with van der Waals surface area (Å²) < 4.78 is 2.12. The molecule has 100 valence electrons. The summed E-state index contributed by atoms with van der Waals surface area (Å²) in [5.74, 6) is 0. The number of rotatable bonds is 5. The van der Waals surface area contributed by atoms with Crippen molar-refractivity contribution in [3.05, 3.63) is 62.8 Å². The van der Waals surface area contributed by atoms with Crippen LogP contribution in [0, 0.1) is 0 Å². The summed E-state index contributed by atoms with van der Waals surface area (Å²) in [6.07, 6.45) is 2.74. The highest BCUT2D eigenvalue weighted by atomic mass is 79.9. The van der Waals surface area contributed by atoms with Crippen LogP contribution < -0.4 is 5.32 Å². The van der Waals surface area contributed by atoms with Crippen LogP contribution in [0.3, 0.4) is 0 Å². The number of nitrogens with zero attached hydrogens (tertiary/aromatic N) is 1. The van der Waals surface area contributed by atoms with Gasteiger partial charge in [0, 0.05) is 33.3 Å². The second kappa shape index (κ2) is 7.17. The zero-order valence-electron chi connectivity index (χ0n) is 10.7. The summed E-state index contributed by atoms with van der Waals surface area (Å²) in [5, 5.41) is 3.51. The van der Waals surface area contributed by atoms with Gasteiger partial charge in [-0.2, -0.15) is 0 Å². The van der Waals surface area contributed by atoms with Crippen molar-refractivity contribution >= 4 is 31.9 Å². The number of pyridine rings is 1. The lowest BCUT2D eigenvalue weighted by molar-refractivity contribution is 0.544. The molecule has 1 heterocycles. The number of likely N-dealkylation sites (N-methyl/N-ethyl adjacent to an activating group) is 1. The van der Waals surface area contributed by atoms with Crippen molar-refractivity contribution in [1.82, 2.24) is 10.3 Å². The maximum absolute atomic E-state index is 4.45. The van der Waals surface area contributed by atoms with Crippen LogP contribution >= 0.6 is 31.9 Å². The lowest BCUT2D eigenvalue weighted by atomic mass is 10.0. The molecule has 0 aliphatic rings. The molecule has 0 aliphatic heterocycles. The summed E-state index contributed by atoms with van der Waals surface area (Å²) >= 11 is 6.88. The van der Waals surface area contributed by atoms with Crippen molar-refractivity contribution < 1.29 is 0 Å². The molecule has 0 saturated heterocycles. The van der Waals surface area contributed by atoms with Crippen LogP contribution in [0.4, 0.5) is 0 Å². The van der Waals surface area contributed by atoms with E-state index in [0.29, 0.717) is 6.04 Å². The predicted octanol–water partition coefficient (Wildman–Crippen LogP) is 4.50. The largest absolute Gasteiger partial charge is 0.310 e. The van der Waals surface area contributed by atoms with Crippen LogP contribution in [0.15, 0.2) is 51.5 Å². The second-order valence-electron chi connectivity index (χ2n) is 4.33. The number of hydrogen-bond donors (Lipinski definition) is 1. The fraction of sp³-hybridized carbons (Fsp3) is 0.267. The number of hydrogen-bond acceptors (Lipinski definition) is 2. The number of aromatic nitrogens is 1. The molecule has 2 aromatic rings. The van der Waals surface area contributed by atoms with E-state index < -0.39 is 0 Å². The summed E-state index contributed by atoms with van der Waals surface area (Å²) in [6.45, 7) is 3.07. The maximum Gasteiger partial charge on any atom is 0.0423 e. The van der Waals surface area contributed by atoms with Crippen LogP contribution in [0.5, 0.6) is 0 Å². The van der Waals surface area contributed by atoms with Gasteiger partial charge in [0.2, 0.25) is 0 Å². The van der Waals surface area contributed by atoms with Crippen molar-refractivity contribution in [3.8, 4) is 0 Å². The van der Waals surface area contributed by atoms with E-state index in [1.54, 1.807) is 0 Å². The van der Waals surface area contributed by atoms with Crippen LogP contribution in [-0.2, 0) is 6.42 Å². The van der Waals surface area contributed by atoms with Crippen LogP contribution in [-0.4, -0.2) is 11.5 Å². The minimum absolute atomic E-state index is 0.298. The Balaban J connectivity index is 2.15. The summed E-state index contributed by atoms with van der Waals surface area (Å²) in [7, 11) is 0. The van der Waals surface area contributed by atoms with Gasteiger partial charge in [0.1, 0.15) is 0 Å². The lowest BCUT2D eigenvalue weighted by Gasteiger charge is -2.18. The molecule has 0 spiro atoms. The third-order valence-corrected chi connectivity index (χ3v) is 3.92. The van der Waals surface area contributed by atoms with E-state index in [1.165, 1.54) is 5.56 Å². The topological polar surface area (TPSA) is 24.9 Å². The minimum atomic E-state index is 0.298. The third kappa shape index (κ3) is 4.41. The SMILES string of the molecule is CCNC(Cc1ccc(Br)cn1)c1ccc(Br)cc1. The zero-order chi connectivity index (χ0) is 13.7. The van der Waals surface area contributed by atoms with Gasteiger partial charge >= 0.3 is 0 Å². The van der Waals surface area contributed by atoms with Crippen molar-refractivity contribution in [2.45, 2.75) is 19.4 Å². The van der Waals surface area contributed by atoms with E-state index >= 15 is 0 Å². The maximum atomic E-state index is 4.45. The van der Waals surface area contributed by atoms with Gasteiger partial charge in [-0.1, -0.05) is 35.0 Å². The summed E-state index contributed by atoms with van der Waals surface area (Å²) in [6, 6.07) is 12.8. The number of halogens is 2. The van der Waals surface area contributed by atoms with Crippen LogP contribution in [0.1, 0.15) is 24.2 Å². The first kappa shape index (κ1) is 14.7. The molecule has 1 atom stereocenters. The molecule has 0 fully saturated rings. The van der Waals surface area contributed by atoms with E-state index in [0.717, 1.165) is 27.6 Å². The van der Waals surface area contributed by atoms with Gasteiger partial charge in [0.05, 0.1) is 0 Å². The molecule has 1 aromatic heterocycles. The van der Waals surface area contributed by atoms with Gasteiger partial charge in [0.15, 0.2) is 0 Å². The molecule has 0 saturated carbocycles. The fourth-order valence-corrected chi connectivity index (χ4v) is 2.48. The van der Waals surface area contributed by atoms with Gasteiger partial charge < -0.3 is 5.32 Å². The zero-order valence-corrected chi connectivity index (χ0v) is 13.9. The number of benzene rings is 1. The first-order chi connectivity index (χ1) is 9.19. The predicted molar refractivity (Wildman–Crippen MR) is 86.2 cm³/mol. The summed E-state index contributed by atoms with van der Waals surface area (Å²) in [4.78, 5) is 4.45. The minimum Gasteiger partial charge on any atom is -0.310 e. The molecule has 0 aliphatic carbocycles. The molecule has 0 bridgehead atoms. The molecule has 2 rings (SSSR count). The Morgan fingerprint density at radius 3 is 2.32 bits per heavy atom. The molecule has 0 radical (unpaired) electrons. The monoisotopic (exact) mass is 382 g/mol.